The zero-order valence-corrected chi connectivity index (χ0v) is 30.5. The molecule has 1 aliphatic rings. The van der Waals surface area contributed by atoms with Crippen molar-refractivity contribution in [2.45, 2.75) is 83.1 Å². The van der Waals surface area contributed by atoms with Crippen LogP contribution in [0.15, 0.2) is 36.4 Å². The number of esters is 1. The van der Waals surface area contributed by atoms with Gasteiger partial charge in [0, 0.05) is 29.7 Å². The number of methoxy groups -OCH3 is 3. The molecule has 0 aromatic heterocycles. The lowest BCUT2D eigenvalue weighted by molar-refractivity contribution is -0.837. The lowest BCUT2D eigenvalue weighted by Gasteiger charge is -2.37. The Bertz CT molecular complexity index is 1570. The van der Waals surface area contributed by atoms with Crippen molar-refractivity contribution in [2.75, 3.05) is 42.0 Å². The lowest BCUT2D eigenvalue weighted by atomic mass is 9.92. The average molecular weight is 699 g/mol. The number of carbonyl (C=O) groups is 5. The summed E-state index contributed by atoms with van der Waals surface area (Å²) in [5, 5.41) is 8.13. The first-order valence-electron chi connectivity index (χ1n) is 16.6. The first-order valence-corrected chi connectivity index (χ1v) is 16.6. The van der Waals surface area contributed by atoms with Gasteiger partial charge in [0.05, 0.1) is 35.4 Å². The number of nitrogens with two attached hydrogens (primary N) is 1. The third-order valence-corrected chi connectivity index (χ3v) is 8.48. The molecule has 274 valence electrons. The molecule has 14 nitrogen and oxygen atoms in total. The molecular weight excluding hydrogens is 646 g/mol. The van der Waals surface area contributed by atoms with Gasteiger partial charge in [-0.3, -0.25) is 14.1 Å². The fourth-order valence-electron chi connectivity index (χ4n) is 5.91. The van der Waals surface area contributed by atoms with Crippen LogP contribution in [0.4, 0.5) is 4.79 Å². The quantitative estimate of drug-likeness (QED) is 0.164. The van der Waals surface area contributed by atoms with E-state index < -0.39 is 64.0 Å². The van der Waals surface area contributed by atoms with Crippen LogP contribution in [-0.4, -0.2) is 100.0 Å². The first kappa shape index (κ1) is 39.7. The highest BCUT2D eigenvalue weighted by Gasteiger charge is 2.45. The van der Waals surface area contributed by atoms with Crippen molar-refractivity contribution in [1.82, 2.24) is 16.0 Å². The fourth-order valence-corrected chi connectivity index (χ4v) is 5.91. The van der Waals surface area contributed by atoms with Crippen LogP contribution in [0.2, 0.25) is 0 Å². The molecule has 0 saturated carbocycles. The summed E-state index contributed by atoms with van der Waals surface area (Å²) in [5.74, 6) is -1.30. The van der Waals surface area contributed by atoms with Gasteiger partial charge in [-0.25, -0.2) is 14.4 Å². The summed E-state index contributed by atoms with van der Waals surface area (Å²) in [6.45, 7) is 7.17. The number of likely N-dealkylation sites (N-methyl/N-ethyl adjacent to an activating group) is 1. The Kier molecular flexibility index (Phi) is 13.4. The van der Waals surface area contributed by atoms with Gasteiger partial charge in [0.1, 0.15) is 35.2 Å². The number of rotatable bonds is 10. The zero-order valence-electron chi connectivity index (χ0n) is 30.5. The predicted molar refractivity (Wildman–Crippen MR) is 186 cm³/mol. The highest BCUT2D eigenvalue weighted by Crippen LogP contribution is 2.40. The van der Waals surface area contributed by atoms with Crippen molar-refractivity contribution in [3.8, 4) is 22.6 Å². The Hall–Kier alpha value is -4.69. The SMILES string of the molecule is COC(=O)[C@@H]1Cc2ccc(OC)c(c2)-c2cc(ccc2OC)C([N+](C)(C)C(=O)[C@@H](N)CCCCNC(=O)OC(C)(C)C)C(=O)N[C@@H](C)C(=O)N1. The number of alkyl carbamates (subject to hydrolysis) is 1. The van der Waals surface area contributed by atoms with Gasteiger partial charge in [0.25, 0.3) is 5.91 Å². The maximum atomic E-state index is 14.2. The van der Waals surface area contributed by atoms with Crippen LogP contribution in [0.25, 0.3) is 11.1 Å². The molecular formula is C36H52N5O9+. The minimum atomic E-state index is -1.16. The molecule has 1 heterocycles. The molecule has 2 aromatic rings. The number of hydrogen-bond acceptors (Lipinski definition) is 10. The first-order chi connectivity index (χ1) is 23.4. The molecule has 4 amide bonds. The Labute approximate surface area is 293 Å². The summed E-state index contributed by atoms with van der Waals surface area (Å²) in [4.78, 5) is 66.3. The summed E-state index contributed by atoms with van der Waals surface area (Å²) in [5.41, 5.74) is 8.19. The zero-order chi connectivity index (χ0) is 37.4. The van der Waals surface area contributed by atoms with E-state index in [1.807, 2.05) is 6.07 Å². The highest BCUT2D eigenvalue weighted by atomic mass is 16.6. The molecule has 0 radical (unpaired) electrons. The number of fused-ring (bicyclic) bond motifs is 5. The number of hydrogen-bond donors (Lipinski definition) is 4. The minimum absolute atomic E-state index is 0.105. The fraction of sp³-hybridized carbons (Fsp3) is 0.528. The molecule has 1 unspecified atom stereocenters. The Morgan fingerprint density at radius 1 is 0.940 bits per heavy atom. The van der Waals surface area contributed by atoms with E-state index in [1.165, 1.54) is 28.3 Å². The standard InChI is InChI=1S/C36H51N5O9/c1-21-31(42)40-27(34(45)49-9)19-22-13-15-28(47-7)24(18-22)25-20-23(14-16-29(25)48-8)30(32(43)39-21)41(5,6)33(44)26(37)12-10-11-17-38-35(46)50-36(2,3)4/h13-16,18,20-21,26-27,30H,10-12,17,19,37H2,1-9H3,(H2-,38,39,40,42,43,46)/p+1/t21-,26-,27-,30?/m0/s1. The van der Waals surface area contributed by atoms with Crippen LogP contribution in [-0.2, 0) is 35.1 Å². The second-order valence-electron chi connectivity index (χ2n) is 13.8. The van der Waals surface area contributed by atoms with E-state index in [1.54, 1.807) is 65.2 Å². The molecule has 0 spiro atoms. The van der Waals surface area contributed by atoms with Gasteiger partial charge in [-0.1, -0.05) is 6.07 Å². The van der Waals surface area contributed by atoms with Crippen molar-refractivity contribution in [3.05, 3.63) is 47.5 Å². The lowest BCUT2D eigenvalue weighted by Crippen LogP contribution is -2.60. The summed E-state index contributed by atoms with van der Waals surface area (Å²) in [6.07, 6.45) is 0.966. The van der Waals surface area contributed by atoms with Gasteiger partial charge in [0.15, 0.2) is 0 Å². The predicted octanol–water partition coefficient (Wildman–Crippen LogP) is 2.76. The minimum Gasteiger partial charge on any atom is -0.496 e. The van der Waals surface area contributed by atoms with Gasteiger partial charge in [-0.2, -0.15) is 0 Å². The third-order valence-electron chi connectivity index (χ3n) is 8.48. The normalized spacial score (nSPS) is 18.8. The largest absolute Gasteiger partial charge is 0.496 e. The van der Waals surface area contributed by atoms with Crippen molar-refractivity contribution in [3.63, 3.8) is 0 Å². The van der Waals surface area contributed by atoms with Crippen LogP contribution >= 0.6 is 0 Å². The molecule has 5 N–H and O–H groups in total. The molecule has 0 fully saturated rings. The third kappa shape index (κ3) is 9.94. The second kappa shape index (κ2) is 16.8. The molecule has 4 atom stereocenters. The average Bonchev–Trinajstić information content (AvgIpc) is 3.05. The molecule has 0 saturated heterocycles. The molecule has 50 heavy (non-hydrogen) atoms. The van der Waals surface area contributed by atoms with Gasteiger partial charge in [-0.15, -0.1) is 0 Å². The van der Waals surface area contributed by atoms with Crippen molar-refractivity contribution in [2.24, 2.45) is 5.73 Å². The van der Waals surface area contributed by atoms with E-state index in [-0.39, 0.29) is 6.42 Å². The number of nitrogens with one attached hydrogen (secondary N) is 3. The number of ether oxygens (including phenoxy) is 4. The monoisotopic (exact) mass is 698 g/mol. The van der Waals surface area contributed by atoms with Crippen LogP contribution in [0.5, 0.6) is 11.5 Å². The Morgan fingerprint density at radius 3 is 2.16 bits per heavy atom. The van der Waals surface area contributed by atoms with E-state index in [4.69, 9.17) is 24.7 Å². The molecule has 2 aromatic carbocycles. The molecule has 3 rings (SSSR count). The number of nitrogens with zero attached hydrogens (tertiary/aromatic N) is 1. The summed E-state index contributed by atoms with van der Waals surface area (Å²) in [7, 11) is 7.48. The van der Waals surface area contributed by atoms with Crippen LogP contribution in [0.3, 0.4) is 0 Å². The Balaban J connectivity index is 2.02. The van der Waals surface area contributed by atoms with Crippen molar-refractivity contribution < 1.29 is 47.4 Å². The molecule has 1 aliphatic heterocycles. The molecule has 4 bridgehead atoms. The van der Waals surface area contributed by atoms with E-state index >= 15 is 0 Å². The van der Waals surface area contributed by atoms with Gasteiger partial charge in [0.2, 0.25) is 11.9 Å². The van der Waals surface area contributed by atoms with Crippen LogP contribution in [0, 0.1) is 0 Å². The van der Waals surface area contributed by atoms with Gasteiger partial charge in [-0.05, 0) is 82.9 Å². The van der Waals surface area contributed by atoms with E-state index in [0.717, 1.165) is 0 Å². The highest BCUT2D eigenvalue weighted by molar-refractivity contribution is 5.93. The maximum Gasteiger partial charge on any atom is 0.407 e. The topological polar surface area (TPSA) is 184 Å². The summed E-state index contributed by atoms with van der Waals surface area (Å²) < 4.78 is 21.2. The number of carbonyl (C=O) groups excluding carboxylic acids is 5. The smallest absolute Gasteiger partial charge is 0.407 e. The summed E-state index contributed by atoms with van der Waals surface area (Å²) >= 11 is 0. The van der Waals surface area contributed by atoms with Crippen LogP contribution < -0.4 is 31.2 Å². The van der Waals surface area contributed by atoms with E-state index in [2.05, 4.69) is 16.0 Å². The Morgan fingerprint density at radius 2 is 1.56 bits per heavy atom. The molecule has 14 heteroatoms. The number of amides is 4. The number of unbranched alkanes of at least 4 members (excludes halogenated alkanes) is 1. The van der Waals surface area contributed by atoms with E-state index in [0.29, 0.717) is 59.6 Å². The number of quaternary nitrogens is 1. The van der Waals surface area contributed by atoms with Crippen molar-refractivity contribution in [1.29, 1.82) is 0 Å². The number of benzene rings is 2. The van der Waals surface area contributed by atoms with Crippen LogP contribution in [0.1, 0.15) is 64.1 Å². The van der Waals surface area contributed by atoms with Gasteiger partial charge < -0.3 is 40.6 Å². The second-order valence-corrected chi connectivity index (χ2v) is 13.8. The summed E-state index contributed by atoms with van der Waals surface area (Å²) in [6, 6.07) is 6.31. The van der Waals surface area contributed by atoms with E-state index in [9.17, 15) is 24.0 Å². The molecule has 0 aliphatic carbocycles. The van der Waals surface area contributed by atoms with Gasteiger partial charge >= 0.3 is 18.0 Å². The van der Waals surface area contributed by atoms with Crippen molar-refractivity contribution >= 4 is 29.8 Å². The maximum absolute atomic E-state index is 14.2.